The molecule has 23 heavy (non-hydrogen) atoms. The number of unbranched alkanes of at least 4 members (excludes halogenated alkanes) is 1. The number of pyridine rings is 1. The van der Waals surface area contributed by atoms with Gasteiger partial charge in [-0.1, -0.05) is 24.9 Å². The molecule has 0 aliphatic heterocycles. The van der Waals surface area contributed by atoms with E-state index in [0.29, 0.717) is 34.5 Å². The van der Waals surface area contributed by atoms with Gasteiger partial charge in [0.15, 0.2) is 0 Å². The van der Waals surface area contributed by atoms with Gasteiger partial charge in [-0.05, 0) is 30.7 Å². The molecule has 0 bridgehead atoms. The van der Waals surface area contributed by atoms with E-state index in [1.807, 2.05) is 0 Å². The van der Waals surface area contributed by atoms with Crippen molar-refractivity contribution < 1.29 is 14.3 Å². The standard InChI is InChI=1S/C17H19ClN2O3/c1-3-4-9-23-15-7-6-13(22-2)10-14(15)20-17(21)12-5-8-16(18)19-11-12/h5-8,10-11H,3-4,9H2,1-2H3,(H,20,21). The number of carbonyl (C=O) groups is 1. The quantitative estimate of drug-likeness (QED) is 0.609. The molecule has 0 fully saturated rings. The normalized spacial score (nSPS) is 10.2. The molecule has 0 aliphatic rings. The SMILES string of the molecule is CCCCOc1ccc(OC)cc1NC(=O)c1ccc(Cl)nc1. The van der Waals surface area contributed by atoms with E-state index >= 15 is 0 Å². The fourth-order valence-electron chi connectivity index (χ4n) is 1.89. The van der Waals surface area contributed by atoms with Gasteiger partial charge in [0.05, 0.1) is 25.0 Å². The van der Waals surface area contributed by atoms with E-state index in [1.165, 1.54) is 6.20 Å². The Hall–Kier alpha value is -2.27. The first kappa shape index (κ1) is 17.1. The second-order valence-corrected chi connectivity index (χ2v) is 5.28. The van der Waals surface area contributed by atoms with Crippen molar-refractivity contribution >= 4 is 23.2 Å². The third kappa shape index (κ3) is 4.86. The number of nitrogens with zero attached hydrogens (tertiary/aromatic N) is 1. The summed E-state index contributed by atoms with van der Waals surface area (Å²) >= 11 is 5.73. The van der Waals surface area contributed by atoms with Gasteiger partial charge in [0.25, 0.3) is 5.91 Å². The first-order valence-corrected chi connectivity index (χ1v) is 7.75. The Kier molecular flexibility index (Phi) is 6.23. The number of rotatable bonds is 7. The Morgan fingerprint density at radius 2 is 2.13 bits per heavy atom. The Morgan fingerprint density at radius 3 is 2.78 bits per heavy atom. The van der Waals surface area contributed by atoms with Gasteiger partial charge in [0.1, 0.15) is 16.7 Å². The summed E-state index contributed by atoms with van der Waals surface area (Å²) in [4.78, 5) is 16.2. The van der Waals surface area contributed by atoms with E-state index in [0.717, 1.165) is 12.8 Å². The average Bonchev–Trinajstić information content (AvgIpc) is 2.56. The van der Waals surface area contributed by atoms with Gasteiger partial charge in [-0.15, -0.1) is 0 Å². The number of ether oxygens (including phenoxy) is 2. The van der Waals surface area contributed by atoms with Crippen LogP contribution in [-0.4, -0.2) is 24.6 Å². The molecule has 2 rings (SSSR count). The molecule has 0 spiro atoms. The minimum Gasteiger partial charge on any atom is -0.497 e. The molecule has 0 unspecified atom stereocenters. The third-order valence-electron chi connectivity index (χ3n) is 3.18. The molecule has 0 saturated carbocycles. The molecule has 1 amide bonds. The molecule has 5 nitrogen and oxygen atoms in total. The molecule has 0 aliphatic carbocycles. The van der Waals surface area contributed by atoms with E-state index in [2.05, 4.69) is 17.2 Å². The first-order chi connectivity index (χ1) is 11.1. The maximum atomic E-state index is 12.3. The topological polar surface area (TPSA) is 60.5 Å². The molecule has 1 aromatic carbocycles. The number of methoxy groups -OCH3 is 1. The number of benzene rings is 1. The summed E-state index contributed by atoms with van der Waals surface area (Å²) < 4.78 is 10.9. The predicted octanol–water partition coefficient (Wildman–Crippen LogP) is 4.17. The summed E-state index contributed by atoms with van der Waals surface area (Å²) in [5.74, 6) is 0.953. The number of hydrogen-bond donors (Lipinski definition) is 1. The molecular weight excluding hydrogens is 316 g/mol. The summed E-state index contributed by atoms with van der Waals surface area (Å²) in [5, 5.41) is 3.16. The highest BCUT2D eigenvalue weighted by atomic mass is 35.5. The van der Waals surface area contributed by atoms with Crippen LogP contribution >= 0.6 is 11.6 Å². The Labute approximate surface area is 140 Å². The molecule has 2 aromatic rings. The largest absolute Gasteiger partial charge is 0.497 e. The van der Waals surface area contributed by atoms with Gasteiger partial charge in [-0.2, -0.15) is 0 Å². The fourth-order valence-corrected chi connectivity index (χ4v) is 2.00. The first-order valence-electron chi connectivity index (χ1n) is 7.37. The summed E-state index contributed by atoms with van der Waals surface area (Å²) in [6.45, 7) is 2.68. The minimum atomic E-state index is -0.289. The average molecular weight is 335 g/mol. The smallest absolute Gasteiger partial charge is 0.257 e. The molecule has 0 radical (unpaired) electrons. The van der Waals surface area contributed by atoms with Gasteiger partial charge >= 0.3 is 0 Å². The van der Waals surface area contributed by atoms with Crippen molar-refractivity contribution in [3.05, 3.63) is 47.2 Å². The van der Waals surface area contributed by atoms with Crippen LogP contribution in [0.1, 0.15) is 30.1 Å². The van der Waals surface area contributed by atoms with Crippen LogP contribution in [0.5, 0.6) is 11.5 Å². The Bertz CT molecular complexity index is 659. The van der Waals surface area contributed by atoms with Gasteiger partial charge < -0.3 is 14.8 Å². The van der Waals surface area contributed by atoms with Crippen LogP contribution in [0.2, 0.25) is 5.15 Å². The van der Waals surface area contributed by atoms with Crippen LogP contribution in [0.3, 0.4) is 0 Å². The lowest BCUT2D eigenvalue weighted by Gasteiger charge is -2.13. The van der Waals surface area contributed by atoms with E-state index in [9.17, 15) is 4.79 Å². The second kappa shape index (κ2) is 8.39. The van der Waals surface area contributed by atoms with Crippen molar-refractivity contribution in [1.82, 2.24) is 4.98 Å². The number of amides is 1. The van der Waals surface area contributed by atoms with Gasteiger partial charge in [-0.25, -0.2) is 4.98 Å². The van der Waals surface area contributed by atoms with Crippen molar-refractivity contribution in [3.63, 3.8) is 0 Å². The molecule has 1 N–H and O–H groups in total. The highest BCUT2D eigenvalue weighted by Crippen LogP contribution is 2.30. The Morgan fingerprint density at radius 1 is 1.30 bits per heavy atom. The highest BCUT2D eigenvalue weighted by Gasteiger charge is 2.12. The van der Waals surface area contributed by atoms with E-state index < -0.39 is 0 Å². The zero-order chi connectivity index (χ0) is 16.7. The molecule has 1 aromatic heterocycles. The lowest BCUT2D eigenvalue weighted by atomic mass is 10.2. The number of carbonyl (C=O) groups excluding carboxylic acids is 1. The monoisotopic (exact) mass is 334 g/mol. The second-order valence-electron chi connectivity index (χ2n) is 4.89. The van der Waals surface area contributed by atoms with E-state index in [1.54, 1.807) is 37.4 Å². The van der Waals surface area contributed by atoms with Gasteiger partial charge in [0, 0.05) is 12.3 Å². The zero-order valence-electron chi connectivity index (χ0n) is 13.1. The third-order valence-corrected chi connectivity index (χ3v) is 3.40. The molecule has 122 valence electrons. The number of hydrogen-bond acceptors (Lipinski definition) is 4. The number of aromatic nitrogens is 1. The maximum absolute atomic E-state index is 12.3. The van der Waals surface area contributed by atoms with Crippen LogP contribution in [0.4, 0.5) is 5.69 Å². The minimum absolute atomic E-state index is 0.289. The highest BCUT2D eigenvalue weighted by molar-refractivity contribution is 6.29. The Balaban J connectivity index is 2.18. The van der Waals surface area contributed by atoms with Crippen LogP contribution in [-0.2, 0) is 0 Å². The lowest BCUT2D eigenvalue weighted by Crippen LogP contribution is -2.13. The van der Waals surface area contributed by atoms with Crippen LogP contribution in [0.15, 0.2) is 36.5 Å². The molecule has 0 saturated heterocycles. The lowest BCUT2D eigenvalue weighted by molar-refractivity contribution is 0.102. The number of nitrogens with one attached hydrogen (secondary N) is 1. The number of anilines is 1. The maximum Gasteiger partial charge on any atom is 0.257 e. The van der Waals surface area contributed by atoms with E-state index in [-0.39, 0.29) is 5.91 Å². The van der Waals surface area contributed by atoms with Gasteiger partial charge in [-0.3, -0.25) is 4.79 Å². The molecular formula is C17H19ClN2O3. The zero-order valence-corrected chi connectivity index (χ0v) is 13.9. The van der Waals surface area contributed by atoms with Crippen molar-refractivity contribution in [2.24, 2.45) is 0 Å². The number of halogens is 1. The molecule has 1 heterocycles. The van der Waals surface area contributed by atoms with Crippen molar-refractivity contribution in [3.8, 4) is 11.5 Å². The summed E-state index contributed by atoms with van der Waals surface area (Å²) in [6.07, 6.45) is 3.41. The summed E-state index contributed by atoms with van der Waals surface area (Å²) in [6, 6.07) is 8.48. The van der Waals surface area contributed by atoms with Crippen LogP contribution in [0.25, 0.3) is 0 Å². The van der Waals surface area contributed by atoms with Crippen molar-refractivity contribution in [1.29, 1.82) is 0 Å². The van der Waals surface area contributed by atoms with Crippen molar-refractivity contribution in [2.45, 2.75) is 19.8 Å². The van der Waals surface area contributed by atoms with Crippen LogP contribution in [0, 0.1) is 0 Å². The summed E-state index contributed by atoms with van der Waals surface area (Å²) in [5.41, 5.74) is 0.970. The molecule has 0 atom stereocenters. The van der Waals surface area contributed by atoms with Crippen LogP contribution < -0.4 is 14.8 Å². The van der Waals surface area contributed by atoms with E-state index in [4.69, 9.17) is 21.1 Å². The molecule has 6 heteroatoms. The summed E-state index contributed by atoms with van der Waals surface area (Å²) in [7, 11) is 1.57. The van der Waals surface area contributed by atoms with Crippen molar-refractivity contribution in [2.75, 3.05) is 19.0 Å². The predicted molar refractivity (Wildman–Crippen MR) is 90.6 cm³/mol. The fraction of sp³-hybridized carbons (Fsp3) is 0.294. The van der Waals surface area contributed by atoms with Gasteiger partial charge in [0.2, 0.25) is 0 Å².